The van der Waals surface area contributed by atoms with Crippen LogP contribution in [0.15, 0.2) is 48.5 Å². The summed E-state index contributed by atoms with van der Waals surface area (Å²) < 4.78 is 12.8. The van der Waals surface area contributed by atoms with Crippen molar-refractivity contribution in [1.82, 2.24) is 5.32 Å². The second kappa shape index (κ2) is 10.1. The number of carbonyl (C=O) groups is 1. The Balaban J connectivity index is 0.00000112. The molecule has 0 aromatic heterocycles. The number of hydrogen-bond donors (Lipinski definition) is 2. The zero-order valence-corrected chi connectivity index (χ0v) is 14.8. The van der Waals surface area contributed by atoms with Crippen LogP contribution in [0.4, 0.5) is 4.39 Å². The molecule has 1 unspecified atom stereocenters. The van der Waals surface area contributed by atoms with Crippen molar-refractivity contribution >= 4 is 12.9 Å². The third-order valence-electron chi connectivity index (χ3n) is 2.98. The van der Waals surface area contributed by atoms with Gasteiger partial charge in [0.15, 0.2) is 0 Å². The minimum atomic E-state index is -0.250. The third-order valence-corrected chi connectivity index (χ3v) is 2.98. The van der Waals surface area contributed by atoms with Gasteiger partial charge in [0.1, 0.15) is 5.82 Å². The van der Waals surface area contributed by atoms with Crippen LogP contribution in [0.3, 0.4) is 0 Å². The Hall–Kier alpha value is -3.69. The SMILES string of the molecule is CC(Cc1ccc(-c2ccc(F)cc2)cc1)N[C-]=O.O=CO.[Fm]. The Labute approximate surface area is 128 Å². The fourth-order valence-electron chi connectivity index (χ4n) is 1.98. The maximum Gasteiger partial charge on any atom is 0.290 e. The van der Waals surface area contributed by atoms with E-state index in [2.05, 4.69) is 5.32 Å². The molecule has 0 bridgehead atoms. The van der Waals surface area contributed by atoms with E-state index in [1.807, 2.05) is 31.2 Å². The first-order chi connectivity index (χ1) is 10.6. The molecule has 0 aliphatic heterocycles. The number of halogens is 1. The molecule has 6 heteroatoms. The Morgan fingerprint density at radius 1 is 1.13 bits per heavy atom. The van der Waals surface area contributed by atoms with Gasteiger partial charge in [-0.3, -0.25) is 4.79 Å². The number of carbonyl (C=O) groups excluding carboxylic acids is 1. The molecule has 0 saturated heterocycles. The molecule has 2 rings (SSSR count). The average Bonchev–Trinajstić information content (AvgIpc) is 2.50. The second-order valence-electron chi connectivity index (χ2n) is 4.66. The van der Waals surface area contributed by atoms with Crippen LogP contribution >= 0.6 is 0 Å². The van der Waals surface area contributed by atoms with E-state index in [9.17, 15) is 9.18 Å². The Morgan fingerprint density at radius 2 is 1.57 bits per heavy atom. The number of amides is 1. The smallest absolute Gasteiger partial charge is 0.290 e. The zero-order valence-electron chi connectivity index (χ0n) is 12.4. The molecule has 128 valence electrons. The van der Waals surface area contributed by atoms with E-state index in [0.717, 1.165) is 23.1 Å². The van der Waals surface area contributed by atoms with Crippen molar-refractivity contribution in [3.05, 3.63) is 59.9 Å². The standard InChI is InChI=1S/C16H15FNO.CH2O2.Fm/c1-12(18-11-19)10-13-2-4-14(5-3-13)15-6-8-16(17)9-7-15;2-1-3;/h2-9,12H,10H2,1H3,(H,18,19);1H,(H,2,3);/q-1;;. The summed E-state index contributed by atoms with van der Waals surface area (Å²) in [7, 11) is 0. The van der Waals surface area contributed by atoms with Gasteiger partial charge in [-0.25, -0.2) is 4.39 Å². The largest absolute Gasteiger partial charge is 0.527 e. The predicted octanol–water partition coefficient (Wildman–Crippen LogP) is 2.78. The molecule has 0 radical (unpaired) electrons. The third kappa shape index (κ3) is 6.53. The van der Waals surface area contributed by atoms with Gasteiger partial charge in [0.2, 0.25) is 0 Å². The van der Waals surface area contributed by atoms with Gasteiger partial charge in [0, 0.05) is 0 Å². The first-order valence-electron chi connectivity index (χ1n) is 6.66. The number of carboxylic acid groups (broad SMARTS) is 1. The van der Waals surface area contributed by atoms with E-state index in [1.54, 1.807) is 18.5 Å². The van der Waals surface area contributed by atoms with Crippen molar-refractivity contribution < 1.29 is 19.1 Å². The average molecular weight is 559 g/mol. The summed E-state index contributed by atoms with van der Waals surface area (Å²) in [4.78, 5) is 18.6. The topological polar surface area (TPSA) is 66.4 Å². The van der Waals surface area contributed by atoms with Crippen molar-refractivity contribution in [1.29, 1.82) is 0 Å². The van der Waals surface area contributed by atoms with Crippen LogP contribution < -0.4 is 5.32 Å². The van der Waals surface area contributed by atoms with Gasteiger partial charge in [0.05, 0.1) is 0 Å². The van der Waals surface area contributed by atoms with E-state index in [1.165, 1.54) is 12.1 Å². The van der Waals surface area contributed by atoms with Crippen molar-refractivity contribution in [2.24, 2.45) is 0 Å². The predicted molar refractivity (Wildman–Crippen MR) is 82.5 cm³/mol. The summed E-state index contributed by atoms with van der Waals surface area (Å²) in [6, 6.07) is 14.5. The molecular formula is C17H17FFmNO3-. The van der Waals surface area contributed by atoms with Crippen LogP contribution in [0, 0.1) is 5.82 Å². The van der Waals surface area contributed by atoms with Crippen molar-refractivity contribution in [2.45, 2.75) is 19.4 Å². The number of rotatable bonds is 5. The van der Waals surface area contributed by atoms with Gasteiger partial charge in [0.25, 0.3) is 6.47 Å². The van der Waals surface area contributed by atoms with Crippen molar-refractivity contribution in [2.75, 3.05) is 0 Å². The molecule has 1 atom stereocenters. The van der Waals surface area contributed by atoms with Gasteiger partial charge in [-0.1, -0.05) is 36.4 Å². The van der Waals surface area contributed by atoms with E-state index < -0.39 is 0 Å². The normalized spacial score (nSPS) is 10.3. The molecule has 0 aliphatic carbocycles. The Kier molecular flexibility index (Phi) is 8.48. The molecule has 4 nitrogen and oxygen atoms in total. The number of nitrogens with one attached hydrogen (secondary N) is 1. The summed E-state index contributed by atoms with van der Waals surface area (Å²) in [6.45, 7) is 1.68. The van der Waals surface area contributed by atoms with E-state index in [0.29, 0.717) is 0 Å². The molecule has 23 heavy (non-hydrogen) atoms. The zero-order chi connectivity index (χ0) is 16.4. The monoisotopic (exact) mass is 559 g/mol. The van der Waals surface area contributed by atoms with Gasteiger partial charge < -0.3 is 15.2 Å². The van der Waals surface area contributed by atoms with Gasteiger partial charge >= 0.3 is 0 Å². The molecule has 0 fully saturated rings. The van der Waals surface area contributed by atoms with Gasteiger partial charge in [-0.05, 0) is 48.2 Å². The van der Waals surface area contributed by atoms with Crippen LogP contribution in [-0.2, 0) is 16.0 Å². The minimum Gasteiger partial charge on any atom is -0.527 e. The van der Waals surface area contributed by atoms with Crippen LogP contribution in [0.2, 0.25) is 0 Å². The van der Waals surface area contributed by atoms with Crippen LogP contribution in [0.5, 0.6) is 0 Å². The molecule has 0 heterocycles. The summed E-state index contributed by atoms with van der Waals surface area (Å²) in [5.74, 6) is -0.231. The van der Waals surface area contributed by atoms with Gasteiger partial charge in [-0.15, -0.1) is 0 Å². The van der Waals surface area contributed by atoms with E-state index in [-0.39, 0.29) is 18.3 Å². The Morgan fingerprint density at radius 3 is 2.00 bits per heavy atom. The quantitative estimate of drug-likeness (QED) is 0.337. The first kappa shape index (κ1) is 19.3. The minimum absolute atomic E-state index is 0. The number of hydrogen-bond acceptors (Lipinski definition) is 2. The fraction of sp³-hybridized carbons (Fsp3) is 0.176. The fourth-order valence-corrected chi connectivity index (χ4v) is 1.98. The molecule has 0 saturated carbocycles. The molecule has 0 aliphatic rings. The van der Waals surface area contributed by atoms with Crippen LogP contribution in [-0.4, -0.2) is 24.0 Å². The molecule has 0 spiro atoms. The molecule has 2 aromatic rings. The summed E-state index contributed by atoms with van der Waals surface area (Å²) in [5, 5.41) is 9.49. The first-order valence-corrected chi connectivity index (χ1v) is 6.66. The van der Waals surface area contributed by atoms with E-state index >= 15 is 0 Å². The summed E-state index contributed by atoms with van der Waals surface area (Å²) in [5.41, 5.74) is 3.17. The van der Waals surface area contributed by atoms with Gasteiger partial charge in [-0.2, -0.15) is 6.41 Å². The van der Waals surface area contributed by atoms with Crippen LogP contribution in [0.25, 0.3) is 11.1 Å². The molecule has 1 amide bonds. The summed E-state index contributed by atoms with van der Waals surface area (Å²) in [6.07, 6.45) is 2.46. The molecule has 2 N–H and O–H groups in total. The molecule has 2 aromatic carbocycles. The van der Waals surface area contributed by atoms with Crippen LogP contribution in [0.1, 0.15) is 12.5 Å². The maximum atomic E-state index is 12.8. The second-order valence-corrected chi connectivity index (χ2v) is 4.66. The maximum absolute atomic E-state index is 12.8. The molecular weight excluding hydrogens is 542 g/mol. The van der Waals surface area contributed by atoms with E-state index in [4.69, 9.17) is 9.90 Å². The Bertz CT molecular complexity index is 588. The van der Waals surface area contributed by atoms with Crippen molar-refractivity contribution in [3.8, 4) is 11.1 Å². The number of benzene rings is 2. The summed E-state index contributed by atoms with van der Waals surface area (Å²) >= 11 is 0. The van der Waals surface area contributed by atoms with Crippen molar-refractivity contribution in [3.63, 3.8) is 0 Å².